The lowest BCUT2D eigenvalue weighted by Gasteiger charge is -2.09. The summed E-state index contributed by atoms with van der Waals surface area (Å²) in [6, 6.07) is 22.0. The third kappa shape index (κ3) is 3.31. The fraction of sp³-hybridized carbons (Fsp3) is 0.179. The molecule has 5 rings (SSSR count). The fourth-order valence-corrected chi connectivity index (χ4v) is 4.29. The molecule has 0 fully saturated rings. The second kappa shape index (κ2) is 7.35. The number of halogens is 1. The number of hydrogen-bond donors (Lipinski definition) is 0. The van der Waals surface area contributed by atoms with E-state index in [9.17, 15) is 4.39 Å². The Bertz CT molecular complexity index is 1430. The molecule has 5 aromatic rings. The lowest BCUT2D eigenvalue weighted by molar-refractivity contribution is -0.660. The van der Waals surface area contributed by atoms with E-state index in [1.807, 2.05) is 7.05 Å². The van der Waals surface area contributed by atoms with Crippen LogP contribution in [0.3, 0.4) is 0 Å². The molecule has 0 amide bonds. The first-order chi connectivity index (χ1) is 14.9. The molecule has 154 valence electrons. The summed E-state index contributed by atoms with van der Waals surface area (Å²) >= 11 is 0. The molecule has 2 nitrogen and oxygen atoms in total. The number of aryl methyl sites for hydroxylation is 2. The van der Waals surface area contributed by atoms with Crippen LogP contribution < -0.4 is 4.57 Å². The first-order valence-electron chi connectivity index (χ1n) is 10.6. The van der Waals surface area contributed by atoms with Crippen LogP contribution in [0.4, 0.5) is 4.39 Å². The van der Waals surface area contributed by atoms with Gasteiger partial charge in [-0.3, -0.25) is 0 Å². The molecule has 0 unspecified atom stereocenters. The van der Waals surface area contributed by atoms with Crippen molar-refractivity contribution in [2.75, 3.05) is 0 Å². The highest BCUT2D eigenvalue weighted by molar-refractivity contribution is 6.09. The molecule has 3 heteroatoms. The first kappa shape index (κ1) is 19.5. The van der Waals surface area contributed by atoms with Crippen molar-refractivity contribution in [3.8, 4) is 22.4 Å². The van der Waals surface area contributed by atoms with Gasteiger partial charge in [0.05, 0.1) is 5.56 Å². The van der Waals surface area contributed by atoms with Crippen LogP contribution in [0.1, 0.15) is 30.9 Å². The zero-order valence-corrected chi connectivity index (χ0v) is 18.2. The molecule has 0 bridgehead atoms. The van der Waals surface area contributed by atoms with Crippen LogP contribution in [0.5, 0.6) is 0 Å². The molecular weight excluding hydrogens is 385 g/mol. The number of rotatable bonds is 3. The van der Waals surface area contributed by atoms with E-state index in [0.29, 0.717) is 11.5 Å². The van der Waals surface area contributed by atoms with Crippen molar-refractivity contribution in [2.24, 2.45) is 7.05 Å². The predicted molar refractivity (Wildman–Crippen MR) is 125 cm³/mol. The van der Waals surface area contributed by atoms with Gasteiger partial charge >= 0.3 is 0 Å². The fourth-order valence-electron chi connectivity index (χ4n) is 4.29. The van der Waals surface area contributed by atoms with Gasteiger partial charge in [0.2, 0.25) is 5.69 Å². The Morgan fingerprint density at radius 2 is 1.58 bits per heavy atom. The van der Waals surface area contributed by atoms with E-state index in [2.05, 4.69) is 80.1 Å². The summed E-state index contributed by atoms with van der Waals surface area (Å²) in [5, 5.41) is 1.93. The molecule has 0 atom stereocenters. The quantitative estimate of drug-likeness (QED) is 0.285. The number of nitrogens with zero attached hydrogens (tertiary/aromatic N) is 1. The minimum absolute atomic E-state index is 0.290. The molecule has 2 aromatic heterocycles. The summed E-state index contributed by atoms with van der Waals surface area (Å²) in [5.41, 5.74) is 8.26. The summed E-state index contributed by atoms with van der Waals surface area (Å²) in [6.45, 7) is 6.50. The zero-order chi connectivity index (χ0) is 21.7. The molecule has 0 saturated carbocycles. The largest absolute Gasteiger partial charge is 0.455 e. The lowest BCUT2D eigenvalue weighted by atomic mass is 9.96. The van der Waals surface area contributed by atoms with E-state index in [1.165, 1.54) is 23.3 Å². The second-order valence-electron chi connectivity index (χ2n) is 8.56. The molecule has 3 aromatic carbocycles. The Labute approximate surface area is 181 Å². The molecule has 0 aliphatic heterocycles. The summed E-state index contributed by atoms with van der Waals surface area (Å²) in [4.78, 5) is 0. The van der Waals surface area contributed by atoms with Crippen molar-refractivity contribution in [1.82, 2.24) is 0 Å². The molecule has 2 heterocycles. The van der Waals surface area contributed by atoms with Gasteiger partial charge in [-0.15, -0.1) is 0 Å². The molecule has 0 saturated heterocycles. The Kier molecular flexibility index (Phi) is 4.62. The minimum Gasteiger partial charge on any atom is -0.455 e. The molecule has 0 radical (unpaired) electrons. The van der Waals surface area contributed by atoms with Crippen LogP contribution in [0.25, 0.3) is 44.3 Å². The normalized spacial score (nSPS) is 11.7. The maximum atomic E-state index is 13.8. The maximum Gasteiger partial charge on any atom is 0.216 e. The Morgan fingerprint density at radius 1 is 0.839 bits per heavy atom. The SMILES string of the molecule is Cc1ccc2c(oc3cc(F)ccc32)c1-c1cc(-c2ccc(C(C)C)cc2)cc[n+]1C. The van der Waals surface area contributed by atoms with E-state index >= 15 is 0 Å². The Balaban J connectivity index is 1.72. The van der Waals surface area contributed by atoms with Crippen LogP contribution in [0.2, 0.25) is 0 Å². The van der Waals surface area contributed by atoms with Gasteiger partial charge in [-0.1, -0.05) is 50.2 Å². The van der Waals surface area contributed by atoms with E-state index in [0.717, 1.165) is 38.7 Å². The predicted octanol–water partition coefficient (Wildman–Crippen LogP) is 7.32. The zero-order valence-electron chi connectivity index (χ0n) is 18.2. The van der Waals surface area contributed by atoms with Crippen LogP contribution in [0.15, 0.2) is 77.3 Å². The topological polar surface area (TPSA) is 17.0 Å². The van der Waals surface area contributed by atoms with E-state index in [1.54, 1.807) is 6.07 Å². The molecular formula is C28H25FNO+. The number of pyridine rings is 1. The highest BCUT2D eigenvalue weighted by atomic mass is 19.1. The average Bonchev–Trinajstić information content (AvgIpc) is 3.12. The van der Waals surface area contributed by atoms with Gasteiger partial charge in [-0.2, -0.15) is 0 Å². The van der Waals surface area contributed by atoms with Crippen molar-refractivity contribution in [3.63, 3.8) is 0 Å². The molecule has 31 heavy (non-hydrogen) atoms. The highest BCUT2D eigenvalue weighted by Gasteiger charge is 2.21. The van der Waals surface area contributed by atoms with Gasteiger partial charge in [0.1, 0.15) is 24.0 Å². The van der Waals surface area contributed by atoms with Gasteiger partial charge in [0, 0.05) is 29.0 Å². The van der Waals surface area contributed by atoms with Crippen molar-refractivity contribution in [1.29, 1.82) is 0 Å². The lowest BCUT2D eigenvalue weighted by Crippen LogP contribution is -2.30. The smallest absolute Gasteiger partial charge is 0.216 e. The summed E-state index contributed by atoms with van der Waals surface area (Å²) in [5.74, 6) is 0.221. The van der Waals surface area contributed by atoms with Crippen LogP contribution >= 0.6 is 0 Å². The van der Waals surface area contributed by atoms with Gasteiger partial charge in [-0.05, 0) is 47.2 Å². The standard InChI is InChI=1S/C28H25FNO/c1-17(2)19-6-8-20(9-7-19)21-13-14-30(4)25(15-21)27-18(3)5-11-24-23-12-10-22(29)16-26(23)31-28(24)27/h5-17H,1-4H3/q+1. The Hall–Kier alpha value is -3.46. The highest BCUT2D eigenvalue weighted by Crippen LogP contribution is 2.38. The number of aromatic nitrogens is 1. The second-order valence-corrected chi connectivity index (χ2v) is 8.56. The summed E-state index contributed by atoms with van der Waals surface area (Å²) in [6.07, 6.45) is 2.08. The number of hydrogen-bond acceptors (Lipinski definition) is 1. The third-order valence-corrected chi connectivity index (χ3v) is 6.13. The van der Waals surface area contributed by atoms with Crippen LogP contribution in [-0.2, 0) is 7.05 Å². The monoisotopic (exact) mass is 410 g/mol. The third-order valence-electron chi connectivity index (χ3n) is 6.13. The molecule has 0 aliphatic rings. The molecule has 0 N–H and O–H groups in total. The van der Waals surface area contributed by atoms with Gasteiger partial charge < -0.3 is 4.42 Å². The van der Waals surface area contributed by atoms with Gasteiger partial charge in [-0.25, -0.2) is 8.96 Å². The van der Waals surface area contributed by atoms with Crippen LogP contribution in [-0.4, -0.2) is 0 Å². The maximum absolute atomic E-state index is 13.8. The van der Waals surface area contributed by atoms with Crippen molar-refractivity contribution < 1.29 is 13.4 Å². The summed E-state index contributed by atoms with van der Waals surface area (Å²) < 4.78 is 22.1. The first-order valence-corrected chi connectivity index (χ1v) is 10.6. The number of furan rings is 1. The van der Waals surface area contributed by atoms with Crippen molar-refractivity contribution in [2.45, 2.75) is 26.7 Å². The van der Waals surface area contributed by atoms with Gasteiger partial charge in [0.15, 0.2) is 6.20 Å². The van der Waals surface area contributed by atoms with E-state index < -0.39 is 0 Å². The van der Waals surface area contributed by atoms with Crippen LogP contribution in [0, 0.1) is 12.7 Å². The average molecular weight is 411 g/mol. The minimum atomic E-state index is -0.290. The van der Waals surface area contributed by atoms with E-state index in [4.69, 9.17) is 4.42 Å². The summed E-state index contributed by atoms with van der Waals surface area (Å²) in [7, 11) is 2.04. The Morgan fingerprint density at radius 3 is 2.32 bits per heavy atom. The molecule has 0 spiro atoms. The van der Waals surface area contributed by atoms with Crippen molar-refractivity contribution in [3.05, 3.63) is 89.9 Å². The van der Waals surface area contributed by atoms with Gasteiger partial charge in [0.25, 0.3) is 0 Å². The van der Waals surface area contributed by atoms with Crippen molar-refractivity contribution >= 4 is 21.9 Å². The van der Waals surface area contributed by atoms with E-state index in [-0.39, 0.29) is 5.82 Å². The molecule has 0 aliphatic carbocycles. The number of benzene rings is 3. The number of fused-ring (bicyclic) bond motifs is 3.